The number of rotatable bonds is 36. The maximum atomic E-state index is 11.6. The molecule has 0 aromatic rings. The van der Waals surface area contributed by atoms with E-state index in [1.165, 1.54) is 128 Å². The van der Waals surface area contributed by atoms with Crippen LogP contribution in [0.5, 0.6) is 0 Å². The fourth-order valence-electron chi connectivity index (χ4n) is 6.18. The first-order valence-corrected chi connectivity index (χ1v) is 27.0. The predicted molar refractivity (Wildman–Crippen MR) is 232 cm³/mol. The Morgan fingerprint density at radius 3 is 0.765 bits per heavy atom. The molecule has 0 rings (SSSR count). The summed E-state index contributed by atoms with van der Waals surface area (Å²) in [5, 5.41) is 20.0. The SMILES string of the molecule is CCCCCCCCC(O)(CCCCCCCC)C(=O)[S-].CCCCCCCCC(O)(CCCCCCCC)C(=O)[S-].CCC[CH2][Sn+2][CH2]CCC. The molecule has 0 aromatic carbocycles. The van der Waals surface area contributed by atoms with Gasteiger partial charge in [-0.2, -0.15) is 0 Å². The molecule has 2 N–H and O–H groups in total. The van der Waals surface area contributed by atoms with Crippen LogP contribution in [0.2, 0.25) is 8.87 Å². The average molecular weight is 864 g/mol. The Kier molecular flexibility index (Phi) is 47.3. The first-order chi connectivity index (χ1) is 24.5. The van der Waals surface area contributed by atoms with Crippen molar-refractivity contribution >= 4 is 56.6 Å². The second-order valence-corrected chi connectivity index (χ2v) is 20.2. The van der Waals surface area contributed by atoms with Crippen molar-refractivity contribution in [2.24, 2.45) is 0 Å². The molecule has 0 atom stereocenters. The zero-order valence-electron chi connectivity index (χ0n) is 35.1. The summed E-state index contributed by atoms with van der Waals surface area (Å²) in [5.74, 6) is 0. The molecule has 0 radical (unpaired) electrons. The van der Waals surface area contributed by atoms with Crippen LogP contribution in [0.25, 0.3) is 0 Å². The minimum atomic E-state index is -1.23. The summed E-state index contributed by atoms with van der Waals surface area (Å²) in [6.07, 6.45) is 36.0. The number of hydrogen-bond donors (Lipinski definition) is 2. The Morgan fingerprint density at radius 2 is 0.569 bits per heavy atom. The van der Waals surface area contributed by atoms with E-state index >= 15 is 0 Å². The van der Waals surface area contributed by atoms with Crippen LogP contribution in [0.1, 0.15) is 247 Å². The van der Waals surface area contributed by atoms with E-state index in [1.807, 2.05) is 0 Å². The molecule has 0 saturated carbocycles. The number of unbranched alkanes of at least 4 members (excludes halogenated alkanes) is 22. The van der Waals surface area contributed by atoms with Gasteiger partial charge >= 0.3 is 69.5 Å². The molecular weight excluding hydrogens is 775 g/mol. The van der Waals surface area contributed by atoms with E-state index in [1.54, 1.807) is 8.87 Å². The van der Waals surface area contributed by atoms with E-state index < -0.39 is 21.4 Å². The molecule has 0 saturated heterocycles. The zero-order valence-corrected chi connectivity index (χ0v) is 39.6. The maximum absolute atomic E-state index is 11.6. The quantitative estimate of drug-likeness (QED) is 0.0371. The summed E-state index contributed by atoms with van der Waals surface area (Å²) in [6.45, 7) is 13.4. The normalized spacial score (nSPS) is 11.3. The van der Waals surface area contributed by atoms with E-state index in [0.29, 0.717) is 25.7 Å². The van der Waals surface area contributed by atoms with Gasteiger partial charge in [0.05, 0.1) is 0 Å². The van der Waals surface area contributed by atoms with Crippen LogP contribution >= 0.6 is 0 Å². The Labute approximate surface area is 341 Å². The van der Waals surface area contributed by atoms with Gasteiger partial charge in [-0.15, -0.1) is 0 Å². The molecule has 304 valence electrons. The van der Waals surface area contributed by atoms with Gasteiger partial charge in [0, 0.05) is 10.2 Å². The molecule has 0 aromatic heterocycles. The van der Waals surface area contributed by atoms with Crippen molar-refractivity contribution < 1.29 is 19.8 Å². The van der Waals surface area contributed by atoms with Crippen molar-refractivity contribution in [3.05, 3.63) is 0 Å². The third kappa shape index (κ3) is 40.0. The second kappa shape index (κ2) is 43.2. The molecular formula is C44H88O4S2Sn. The molecule has 0 aliphatic carbocycles. The Balaban J connectivity index is -0.000000731. The third-order valence-electron chi connectivity index (χ3n) is 9.95. The molecule has 4 nitrogen and oxygen atoms in total. The van der Waals surface area contributed by atoms with Gasteiger partial charge in [0.25, 0.3) is 0 Å². The molecule has 0 aliphatic rings. The number of carbonyl (C=O) groups excluding carboxylic acids is 2. The van der Waals surface area contributed by atoms with Crippen molar-refractivity contribution in [3.8, 4) is 0 Å². The molecule has 0 unspecified atom stereocenters. The van der Waals surface area contributed by atoms with Gasteiger partial charge in [0.2, 0.25) is 0 Å². The van der Waals surface area contributed by atoms with Crippen molar-refractivity contribution in [1.29, 1.82) is 0 Å². The van der Waals surface area contributed by atoms with Gasteiger partial charge in [-0.25, -0.2) is 0 Å². The fraction of sp³-hybridized carbons (Fsp3) is 0.955. The van der Waals surface area contributed by atoms with Crippen LogP contribution in [0.15, 0.2) is 0 Å². The Hall–Kier alpha value is 0.499. The summed E-state index contributed by atoms with van der Waals surface area (Å²) in [7, 11) is 0. The molecule has 7 heteroatoms. The van der Waals surface area contributed by atoms with E-state index in [4.69, 9.17) is 25.3 Å². The first-order valence-electron chi connectivity index (χ1n) is 22.1. The van der Waals surface area contributed by atoms with Crippen LogP contribution in [0, 0.1) is 0 Å². The van der Waals surface area contributed by atoms with Gasteiger partial charge in [-0.05, 0) is 25.7 Å². The average Bonchev–Trinajstić information content (AvgIpc) is 3.11. The van der Waals surface area contributed by atoms with E-state index in [2.05, 4.69) is 41.5 Å². The molecule has 0 amide bonds. The molecule has 0 spiro atoms. The monoisotopic (exact) mass is 865 g/mol. The number of aliphatic hydroxyl groups is 2. The number of carbonyl (C=O) groups is 2. The first kappa shape index (κ1) is 55.8. The van der Waals surface area contributed by atoms with E-state index in [-0.39, 0.29) is 21.1 Å². The summed E-state index contributed by atoms with van der Waals surface area (Å²) in [4.78, 5) is 23.1. The van der Waals surface area contributed by atoms with Gasteiger partial charge in [-0.3, -0.25) is 0 Å². The van der Waals surface area contributed by atoms with Crippen LogP contribution < -0.4 is 0 Å². The predicted octanol–water partition coefficient (Wildman–Crippen LogP) is 13.7. The third-order valence-corrected chi connectivity index (χ3v) is 14.7. The molecule has 51 heavy (non-hydrogen) atoms. The summed E-state index contributed by atoms with van der Waals surface area (Å²) in [6, 6.07) is 0. The van der Waals surface area contributed by atoms with Crippen LogP contribution in [0.3, 0.4) is 0 Å². The van der Waals surface area contributed by atoms with Gasteiger partial charge < -0.3 is 45.1 Å². The molecule has 0 aliphatic heterocycles. The Morgan fingerprint density at radius 1 is 0.373 bits per heavy atom. The van der Waals surface area contributed by atoms with Crippen molar-refractivity contribution in [3.63, 3.8) is 0 Å². The van der Waals surface area contributed by atoms with E-state index in [0.717, 1.165) is 51.4 Å². The molecule has 0 heterocycles. The topological polar surface area (TPSA) is 74.6 Å². The Bertz CT molecular complexity index is 631. The van der Waals surface area contributed by atoms with Crippen LogP contribution in [-0.4, -0.2) is 52.8 Å². The molecule has 0 fully saturated rings. The van der Waals surface area contributed by atoms with Gasteiger partial charge in [-0.1, -0.05) is 182 Å². The van der Waals surface area contributed by atoms with Gasteiger partial charge in [0.15, 0.2) is 0 Å². The van der Waals surface area contributed by atoms with Crippen LogP contribution in [0.4, 0.5) is 0 Å². The summed E-state index contributed by atoms with van der Waals surface area (Å²) < 4.78 is 3.25. The van der Waals surface area contributed by atoms with Crippen molar-refractivity contribution in [2.75, 3.05) is 0 Å². The summed E-state index contributed by atoms with van der Waals surface area (Å²) >= 11 is 9.68. The zero-order chi connectivity index (χ0) is 38.9. The summed E-state index contributed by atoms with van der Waals surface area (Å²) in [5.41, 5.74) is -2.46. The van der Waals surface area contributed by atoms with Gasteiger partial charge in [0.1, 0.15) is 11.2 Å². The van der Waals surface area contributed by atoms with Crippen molar-refractivity contribution in [1.82, 2.24) is 0 Å². The van der Waals surface area contributed by atoms with E-state index in [9.17, 15) is 19.8 Å². The molecule has 0 bridgehead atoms. The van der Waals surface area contributed by atoms with Crippen molar-refractivity contribution in [2.45, 2.75) is 267 Å². The number of hydrogen-bond acceptors (Lipinski definition) is 6. The standard InChI is InChI=1S/2C18H36O2S.2C4H9.Sn/c2*1-3-5-7-9-11-13-15-18(20,17(19)21)16-14-12-10-8-6-4-2;2*1-3-4-2;/h2*20H,3-16H2,1-2H3,(H,19,21);2*1,3-4H2,2H3;/q;;;;+2/p-2. The van der Waals surface area contributed by atoms with Crippen LogP contribution in [-0.2, 0) is 34.8 Å². The fourth-order valence-corrected chi connectivity index (χ4v) is 10.7. The minimum absolute atomic E-state index is 0.149. The second-order valence-electron chi connectivity index (χ2n) is 15.2.